The molecular weight excluding hydrogens is 250 g/mol. The van der Waals surface area contributed by atoms with E-state index in [9.17, 15) is 0 Å². The summed E-state index contributed by atoms with van der Waals surface area (Å²) < 4.78 is 11.5. The number of benzene rings is 1. The first-order valence-electron chi connectivity index (χ1n) is 7.52. The molecule has 3 nitrogen and oxygen atoms in total. The molecule has 3 heteroatoms. The largest absolute Gasteiger partial charge is 0.494 e. The van der Waals surface area contributed by atoms with E-state index < -0.39 is 0 Å². The van der Waals surface area contributed by atoms with Crippen LogP contribution in [0.3, 0.4) is 0 Å². The molecule has 0 N–H and O–H groups in total. The Morgan fingerprint density at radius 1 is 1.10 bits per heavy atom. The Bertz CT molecular complexity index is 427. The first-order chi connectivity index (χ1) is 9.78. The number of hydrogen-bond acceptors (Lipinski definition) is 3. The molecule has 108 valence electrons. The fraction of sp³-hybridized carbons (Fsp3) is 0.588. The lowest BCUT2D eigenvalue weighted by Crippen LogP contribution is -2.21. The number of nitriles is 1. The molecule has 1 aliphatic rings. The normalized spacial score (nSPS) is 22.2. The molecule has 0 radical (unpaired) electrons. The van der Waals surface area contributed by atoms with Gasteiger partial charge >= 0.3 is 0 Å². The Hall–Kier alpha value is -1.53. The second kappa shape index (κ2) is 7.91. The van der Waals surface area contributed by atoms with Crippen molar-refractivity contribution in [3.8, 4) is 11.8 Å². The number of nitrogens with zero attached hydrogens (tertiary/aromatic N) is 1. The third kappa shape index (κ3) is 4.86. The summed E-state index contributed by atoms with van der Waals surface area (Å²) >= 11 is 0. The van der Waals surface area contributed by atoms with E-state index in [1.165, 1.54) is 25.7 Å². The second-order valence-corrected chi connectivity index (χ2v) is 5.59. The van der Waals surface area contributed by atoms with E-state index in [-0.39, 0.29) is 0 Å². The third-order valence-electron chi connectivity index (χ3n) is 3.86. The number of ether oxygens (including phenoxy) is 2. The fourth-order valence-corrected chi connectivity index (χ4v) is 2.52. The Morgan fingerprint density at radius 3 is 2.45 bits per heavy atom. The predicted molar refractivity (Wildman–Crippen MR) is 78.6 cm³/mol. The lowest BCUT2D eigenvalue weighted by molar-refractivity contribution is 0.0146. The van der Waals surface area contributed by atoms with Gasteiger partial charge in [-0.05, 0) is 55.9 Å². The first-order valence-corrected chi connectivity index (χ1v) is 7.52. The quantitative estimate of drug-likeness (QED) is 0.738. The Morgan fingerprint density at radius 2 is 1.80 bits per heavy atom. The Kier molecular flexibility index (Phi) is 5.88. The molecule has 0 saturated heterocycles. The molecule has 0 aromatic heterocycles. The van der Waals surface area contributed by atoms with Gasteiger partial charge in [-0.15, -0.1) is 0 Å². The molecular formula is C17H23NO2. The average molecular weight is 273 g/mol. The summed E-state index contributed by atoms with van der Waals surface area (Å²) in [5.74, 6) is 1.69. The van der Waals surface area contributed by atoms with Gasteiger partial charge in [-0.1, -0.05) is 6.92 Å². The number of hydrogen-bond donors (Lipinski definition) is 0. The van der Waals surface area contributed by atoms with Crippen LogP contribution in [-0.2, 0) is 4.74 Å². The molecule has 1 aromatic rings. The van der Waals surface area contributed by atoms with E-state index in [2.05, 4.69) is 13.0 Å². The van der Waals surface area contributed by atoms with Crippen LogP contribution < -0.4 is 4.74 Å². The molecule has 20 heavy (non-hydrogen) atoms. The summed E-state index contributed by atoms with van der Waals surface area (Å²) in [4.78, 5) is 0. The van der Waals surface area contributed by atoms with E-state index in [0.717, 1.165) is 24.7 Å². The minimum atomic E-state index is 0.459. The second-order valence-electron chi connectivity index (χ2n) is 5.59. The molecule has 1 aromatic carbocycles. The van der Waals surface area contributed by atoms with Crippen LogP contribution in [0.5, 0.6) is 5.75 Å². The highest BCUT2D eigenvalue weighted by molar-refractivity contribution is 5.34. The van der Waals surface area contributed by atoms with Crippen LogP contribution in [0.25, 0.3) is 0 Å². The lowest BCUT2D eigenvalue weighted by atomic mass is 9.89. The van der Waals surface area contributed by atoms with Crippen molar-refractivity contribution < 1.29 is 9.47 Å². The van der Waals surface area contributed by atoms with Crippen LogP contribution in [-0.4, -0.2) is 19.3 Å². The summed E-state index contributed by atoms with van der Waals surface area (Å²) in [7, 11) is 0. The highest BCUT2D eigenvalue weighted by atomic mass is 16.5. The predicted octanol–water partition coefficient (Wildman–Crippen LogP) is 3.92. The SMILES string of the molecule is CC1CCC(OCCCOc2ccc(C#N)cc2)CC1. The van der Waals surface area contributed by atoms with Crippen LogP contribution in [0.1, 0.15) is 44.6 Å². The van der Waals surface area contributed by atoms with Crippen LogP contribution >= 0.6 is 0 Å². The maximum atomic E-state index is 8.71. The third-order valence-corrected chi connectivity index (χ3v) is 3.86. The smallest absolute Gasteiger partial charge is 0.119 e. The molecule has 1 fully saturated rings. The highest BCUT2D eigenvalue weighted by Crippen LogP contribution is 2.25. The van der Waals surface area contributed by atoms with E-state index in [1.54, 1.807) is 12.1 Å². The van der Waals surface area contributed by atoms with Crippen molar-refractivity contribution in [1.82, 2.24) is 0 Å². The Labute approximate surface area is 121 Å². The van der Waals surface area contributed by atoms with Crippen molar-refractivity contribution in [3.05, 3.63) is 29.8 Å². The van der Waals surface area contributed by atoms with Gasteiger partial charge in [-0.2, -0.15) is 5.26 Å². The highest BCUT2D eigenvalue weighted by Gasteiger charge is 2.18. The van der Waals surface area contributed by atoms with Crippen LogP contribution in [0, 0.1) is 17.2 Å². The maximum Gasteiger partial charge on any atom is 0.119 e. The zero-order chi connectivity index (χ0) is 14.2. The van der Waals surface area contributed by atoms with Crippen molar-refractivity contribution in [2.45, 2.75) is 45.1 Å². The van der Waals surface area contributed by atoms with Gasteiger partial charge in [-0.25, -0.2) is 0 Å². The molecule has 0 aliphatic heterocycles. The van der Waals surface area contributed by atoms with Crippen LogP contribution in [0.15, 0.2) is 24.3 Å². The van der Waals surface area contributed by atoms with E-state index in [1.807, 2.05) is 12.1 Å². The molecule has 0 amide bonds. The minimum absolute atomic E-state index is 0.459. The van der Waals surface area contributed by atoms with Crippen molar-refractivity contribution in [2.75, 3.05) is 13.2 Å². The zero-order valence-corrected chi connectivity index (χ0v) is 12.2. The lowest BCUT2D eigenvalue weighted by Gasteiger charge is -2.26. The van der Waals surface area contributed by atoms with Gasteiger partial charge in [-0.3, -0.25) is 0 Å². The zero-order valence-electron chi connectivity index (χ0n) is 12.2. The van der Waals surface area contributed by atoms with E-state index in [4.69, 9.17) is 14.7 Å². The van der Waals surface area contributed by atoms with Gasteiger partial charge in [0.25, 0.3) is 0 Å². The van der Waals surface area contributed by atoms with E-state index >= 15 is 0 Å². The standard InChI is InChI=1S/C17H23NO2/c1-14-3-7-16(8-4-14)19-11-2-12-20-17-9-5-15(13-18)6-10-17/h5-6,9-10,14,16H,2-4,7-8,11-12H2,1H3. The summed E-state index contributed by atoms with van der Waals surface area (Å²) in [5, 5.41) is 8.71. The molecule has 2 rings (SSSR count). The molecule has 0 unspecified atom stereocenters. The number of rotatable bonds is 6. The van der Waals surface area contributed by atoms with Crippen molar-refractivity contribution in [3.63, 3.8) is 0 Å². The molecule has 0 spiro atoms. The minimum Gasteiger partial charge on any atom is -0.494 e. The van der Waals surface area contributed by atoms with Gasteiger partial charge < -0.3 is 9.47 Å². The molecule has 0 bridgehead atoms. The maximum absolute atomic E-state index is 8.71. The summed E-state index contributed by atoms with van der Waals surface area (Å²) in [5.41, 5.74) is 0.659. The van der Waals surface area contributed by atoms with Crippen molar-refractivity contribution in [2.24, 2.45) is 5.92 Å². The molecule has 0 atom stereocenters. The van der Waals surface area contributed by atoms with Crippen LogP contribution in [0.2, 0.25) is 0 Å². The van der Waals surface area contributed by atoms with E-state index in [0.29, 0.717) is 18.3 Å². The summed E-state index contributed by atoms with van der Waals surface area (Å²) in [6.07, 6.45) is 6.38. The molecule has 0 heterocycles. The van der Waals surface area contributed by atoms with Gasteiger partial charge in [0, 0.05) is 6.42 Å². The van der Waals surface area contributed by atoms with Crippen molar-refractivity contribution >= 4 is 0 Å². The molecule has 1 aliphatic carbocycles. The van der Waals surface area contributed by atoms with Gasteiger partial charge in [0.05, 0.1) is 31.0 Å². The average Bonchev–Trinajstić information content (AvgIpc) is 2.49. The fourth-order valence-electron chi connectivity index (χ4n) is 2.52. The Balaban J connectivity index is 1.56. The summed E-state index contributed by atoms with van der Waals surface area (Å²) in [6, 6.07) is 9.31. The topological polar surface area (TPSA) is 42.2 Å². The summed E-state index contributed by atoms with van der Waals surface area (Å²) in [6.45, 7) is 3.76. The van der Waals surface area contributed by atoms with Crippen LogP contribution in [0.4, 0.5) is 0 Å². The monoisotopic (exact) mass is 273 g/mol. The van der Waals surface area contributed by atoms with Gasteiger partial charge in [0.1, 0.15) is 5.75 Å². The van der Waals surface area contributed by atoms with Gasteiger partial charge in [0.2, 0.25) is 0 Å². The first kappa shape index (κ1) is 14.9. The van der Waals surface area contributed by atoms with Gasteiger partial charge in [0.15, 0.2) is 0 Å². The van der Waals surface area contributed by atoms with Crippen molar-refractivity contribution in [1.29, 1.82) is 5.26 Å². The molecule has 1 saturated carbocycles.